The van der Waals surface area contributed by atoms with Crippen molar-refractivity contribution in [3.63, 3.8) is 0 Å². The van der Waals surface area contributed by atoms with Crippen molar-refractivity contribution >= 4 is 5.91 Å². The van der Waals surface area contributed by atoms with Crippen LogP contribution in [0.5, 0.6) is 0 Å². The predicted molar refractivity (Wildman–Crippen MR) is 70.9 cm³/mol. The van der Waals surface area contributed by atoms with Gasteiger partial charge in [-0.1, -0.05) is 31.2 Å². The number of amides is 1. The number of benzene rings is 1. The Balaban J connectivity index is 2.66. The fourth-order valence-electron chi connectivity index (χ4n) is 1.93. The van der Waals surface area contributed by atoms with Crippen LogP contribution in [-0.4, -0.2) is 19.0 Å². The molecule has 1 unspecified atom stereocenters. The quantitative estimate of drug-likeness (QED) is 0.790. The van der Waals surface area contributed by atoms with Crippen molar-refractivity contribution in [3.8, 4) is 0 Å². The van der Waals surface area contributed by atoms with Gasteiger partial charge in [0.1, 0.15) is 0 Å². The lowest BCUT2D eigenvalue weighted by molar-refractivity contribution is -0.121. The standard InChI is InChI=1S/C14H22N2O/c1-3-8-16-14(17)9-12(10-15)13-7-5-4-6-11(13)2/h4-7,12H,3,8-10,15H2,1-2H3,(H,16,17). The van der Waals surface area contributed by atoms with E-state index in [-0.39, 0.29) is 11.8 Å². The highest BCUT2D eigenvalue weighted by Crippen LogP contribution is 2.21. The van der Waals surface area contributed by atoms with Crippen LogP contribution < -0.4 is 11.1 Å². The summed E-state index contributed by atoms with van der Waals surface area (Å²) in [5.41, 5.74) is 8.15. The van der Waals surface area contributed by atoms with Crippen molar-refractivity contribution in [3.05, 3.63) is 35.4 Å². The minimum atomic E-state index is 0.0885. The zero-order valence-corrected chi connectivity index (χ0v) is 10.7. The maximum atomic E-state index is 11.7. The molecule has 0 radical (unpaired) electrons. The van der Waals surface area contributed by atoms with Crippen LogP contribution in [0.2, 0.25) is 0 Å². The molecule has 94 valence electrons. The molecular weight excluding hydrogens is 212 g/mol. The first-order valence-electron chi connectivity index (χ1n) is 6.21. The number of rotatable bonds is 6. The smallest absolute Gasteiger partial charge is 0.220 e. The Morgan fingerprint density at radius 1 is 1.41 bits per heavy atom. The SMILES string of the molecule is CCCNC(=O)CC(CN)c1ccccc1C. The van der Waals surface area contributed by atoms with Crippen LogP contribution in [0.1, 0.15) is 36.8 Å². The Morgan fingerprint density at radius 2 is 2.12 bits per heavy atom. The summed E-state index contributed by atoms with van der Waals surface area (Å²) in [5.74, 6) is 0.207. The maximum Gasteiger partial charge on any atom is 0.220 e. The minimum absolute atomic E-state index is 0.0885. The largest absolute Gasteiger partial charge is 0.356 e. The predicted octanol–water partition coefficient (Wildman–Crippen LogP) is 1.95. The Morgan fingerprint density at radius 3 is 2.71 bits per heavy atom. The molecule has 0 saturated carbocycles. The van der Waals surface area contributed by atoms with E-state index in [1.165, 1.54) is 11.1 Å². The fraction of sp³-hybridized carbons (Fsp3) is 0.500. The number of hydrogen-bond donors (Lipinski definition) is 2. The van der Waals surface area contributed by atoms with Crippen LogP contribution in [-0.2, 0) is 4.79 Å². The van der Waals surface area contributed by atoms with E-state index < -0.39 is 0 Å². The molecule has 1 aromatic carbocycles. The molecule has 1 amide bonds. The zero-order valence-electron chi connectivity index (χ0n) is 10.7. The summed E-state index contributed by atoms with van der Waals surface area (Å²) in [5, 5.41) is 2.89. The highest BCUT2D eigenvalue weighted by Gasteiger charge is 2.15. The first-order chi connectivity index (χ1) is 8.19. The van der Waals surface area contributed by atoms with Gasteiger partial charge in [0.15, 0.2) is 0 Å². The van der Waals surface area contributed by atoms with E-state index in [2.05, 4.69) is 24.4 Å². The topological polar surface area (TPSA) is 55.1 Å². The fourth-order valence-corrected chi connectivity index (χ4v) is 1.93. The third-order valence-electron chi connectivity index (χ3n) is 2.92. The minimum Gasteiger partial charge on any atom is -0.356 e. The van der Waals surface area contributed by atoms with E-state index in [1.54, 1.807) is 0 Å². The average Bonchev–Trinajstić information content (AvgIpc) is 2.34. The summed E-state index contributed by atoms with van der Waals surface area (Å²) in [6.45, 7) is 5.35. The van der Waals surface area contributed by atoms with Crippen molar-refractivity contribution in [2.45, 2.75) is 32.6 Å². The summed E-state index contributed by atoms with van der Waals surface area (Å²) in [6, 6.07) is 8.11. The van der Waals surface area contributed by atoms with Gasteiger partial charge in [0.05, 0.1) is 0 Å². The van der Waals surface area contributed by atoms with Crippen LogP contribution >= 0.6 is 0 Å². The number of aryl methyl sites for hydroxylation is 1. The molecule has 1 aromatic rings. The van der Waals surface area contributed by atoms with Crippen LogP contribution in [0.4, 0.5) is 0 Å². The molecule has 3 nitrogen and oxygen atoms in total. The van der Waals surface area contributed by atoms with Gasteiger partial charge >= 0.3 is 0 Å². The third-order valence-corrected chi connectivity index (χ3v) is 2.92. The summed E-state index contributed by atoms with van der Waals surface area (Å²) >= 11 is 0. The number of carbonyl (C=O) groups excluding carboxylic acids is 1. The van der Waals surface area contributed by atoms with Crippen LogP contribution in [0.25, 0.3) is 0 Å². The molecule has 3 heteroatoms. The van der Waals surface area contributed by atoms with E-state index in [9.17, 15) is 4.79 Å². The van der Waals surface area contributed by atoms with Crippen LogP contribution in [0, 0.1) is 6.92 Å². The van der Waals surface area contributed by atoms with Gasteiger partial charge in [0, 0.05) is 18.9 Å². The molecule has 0 bridgehead atoms. The second kappa shape index (κ2) is 7.07. The number of carbonyl (C=O) groups is 1. The summed E-state index contributed by atoms with van der Waals surface area (Å²) in [7, 11) is 0. The van der Waals surface area contributed by atoms with Gasteiger partial charge in [-0.3, -0.25) is 4.79 Å². The van der Waals surface area contributed by atoms with E-state index in [0.717, 1.165) is 13.0 Å². The van der Waals surface area contributed by atoms with E-state index in [4.69, 9.17) is 5.73 Å². The first-order valence-corrected chi connectivity index (χ1v) is 6.21. The van der Waals surface area contributed by atoms with E-state index in [1.807, 2.05) is 19.1 Å². The van der Waals surface area contributed by atoms with Gasteiger partial charge in [0.2, 0.25) is 5.91 Å². The van der Waals surface area contributed by atoms with Crippen LogP contribution in [0.15, 0.2) is 24.3 Å². The highest BCUT2D eigenvalue weighted by atomic mass is 16.1. The molecule has 0 saturated heterocycles. The molecule has 0 fully saturated rings. The van der Waals surface area contributed by atoms with Gasteiger partial charge in [-0.2, -0.15) is 0 Å². The van der Waals surface area contributed by atoms with Crippen molar-refractivity contribution in [1.82, 2.24) is 5.32 Å². The lowest BCUT2D eigenvalue weighted by Gasteiger charge is -2.17. The Kier molecular flexibility index (Phi) is 5.70. The number of nitrogens with one attached hydrogen (secondary N) is 1. The van der Waals surface area contributed by atoms with Gasteiger partial charge < -0.3 is 11.1 Å². The molecule has 0 spiro atoms. The Hall–Kier alpha value is -1.35. The Bertz CT molecular complexity index is 363. The van der Waals surface area contributed by atoms with Crippen molar-refractivity contribution in [2.75, 3.05) is 13.1 Å². The molecule has 1 rings (SSSR count). The highest BCUT2D eigenvalue weighted by molar-refractivity contribution is 5.76. The molecule has 1 atom stereocenters. The summed E-state index contributed by atoms with van der Waals surface area (Å²) < 4.78 is 0. The van der Waals surface area contributed by atoms with E-state index in [0.29, 0.717) is 13.0 Å². The molecule has 0 aliphatic rings. The monoisotopic (exact) mass is 234 g/mol. The molecule has 3 N–H and O–H groups in total. The first kappa shape index (κ1) is 13.7. The molecule has 17 heavy (non-hydrogen) atoms. The molecule has 0 aliphatic carbocycles. The van der Waals surface area contributed by atoms with Gasteiger partial charge in [-0.05, 0) is 31.0 Å². The summed E-state index contributed by atoms with van der Waals surface area (Å²) in [4.78, 5) is 11.7. The number of nitrogens with two attached hydrogens (primary N) is 1. The second-order valence-corrected chi connectivity index (χ2v) is 4.34. The molecule has 0 aliphatic heterocycles. The third kappa shape index (κ3) is 4.19. The van der Waals surface area contributed by atoms with Gasteiger partial charge in [-0.25, -0.2) is 0 Å². The second-order valence-electron chi connectivity index (χ2n) is 4.34. The lowest BCUT2D eigenvalue weighted by atomic mass is 9.92. The van der Waals surface area contributed by atoms with Gasteiger partial charge in [-0.15, -0.1) is 0 Å². The van der Waals surface area contributed by atoms with Crippen molar-refractivity contribution < 1.29 is 4.79 Å². The Labute approximate surface area is 103 Å². The van der Waals surface area contributed by atoms with Crippen molar-refractivity contribution in [2.24, 2.45) is 5.73 Å². The normalized spacial score (nSPS) is 12.2. The molecular formula is C14H22N2O. The molecule has 0 heterocycles. The average molecular weight is 234 g/mol. The van der Waals surface area contributed by atoms with E-state index >= 15 is 0 Å². The number of hydrogen-bond acceptors (Lipinski definition) is 2. The van der Waals surface area contributed by atoms with Crippen molar-refractivity contribution in [1.29, 1.82) is 0 Å². The van der Waals surface area contributed by atoms with Gasteiger partial charge in [0.25, 0.3) is 0 Å². The molecule has 0 aromatic heterocycles. The maximum absolute atomic E-state index is 11.7. The summed E-state index contributed by atoms with van der Waals surface area (Å²) in [6.07, 6.45) is 1.44. The van der Waals surface area contributed by atoms with Crippen LogP contribution in [0.3, 0.4) is 0 Å². The lowest BCUT2D eigenvalue weighted by Crippen LogP contribution is -2.28. The zero-order chi connectivity index (χ0) is 12.7.